The Morgan fingerprint density at radius 2 is 1.64 bits per heavy atom. The van der Waals surface area contributed by atoms with Crippen molar-refractivity contribution in [2.24, 2.45) is 0 Å². The van der Waals surface area contributed by atoms with Crippen LogP contribution in [-0.4, -0.2) is 10.5 Å². The van der Waals surface area contributed by atoms with Gasteiger partial charge in [0.25, 0.3) is 11.5 Å². The van der Waals surface area contributed by atoms with Crippen LogP contribution in [0.25, 0.3) is 0 Å². The molecule has 4 nitrogen and oxygen atoms in total. The maximum atomic E-state index is 13.7. The first-order valence-electron chi connectivity index (χ1n) is 8.16. The third kappa shape index (κ3) is 4.46. The average Bonchev–Trinajstić information content (AvgIpc) is 2.65. The van der Waals surface area contributed by atoms with Crippen molar-refractivity contribution in [2.75, 3.05) is 5.32 Å². The van der Waals surface area contributed by atoms with Crippen LogP contribution in [0.1, 0.15) is 21.5 Å². The van der Waals surface area contributed by atoms with Gasteiger partial charge in [0.2, 0.25) is 0 Å². The molecule has 0 aliphatic carbocycles. The van der Waals surface area contributed by atoms with Gasteiger partial charge in [-0.3, -0.25) is 9.59 Å². The maximum Gasteiger partial charge on any atom is 0.416 e. The molecule has 3 rings (SSSR count). The van der Waals surface area contributed by atoms with E-state index >= 15 is 0 Å². The molecule has 3 aromatic rings. The molecule has 1 N–H and O–H groups in total. The summed E-state index contributed by atoms with van der Waals surface area (Å²) in [7, 11) is 0. The van der Waals surface area contributed by atoms with E-state index in [2.05, 4.69) is 5.32 Å². The number of hydrogen-bond acceptors (Lipinski definition) is 2. The highest BCUT2D eigenvalue weighted by Crippen LogP contribution is 2.29. The van der Waals surface area contributed by atoms with E-state index in [4.69, 9.17) is 0 Å². The van der Waals surface area contributed by atoms with Crippen LogP contribution in [0.5, 0.6) is 0 Å². The lowest BCUT2D eigenvalue weighted by Crippen LogP contribution is -2.22. The molecule has 28 heavy (non-hydrogen) atoms. The van der Waals surface area contributed by atoms with Crippen LogP contribution in [0.2, 0.25) is 0 Å². The van der Waals surface area contributed by atoms with Crippen LogP contribution < -0.4 is 10.9 Å². The highest BCUT2D eigenvalue weighted by molar-refractivity contribution is 6.04. The Kier molecular flexibility index (Phi) is 5.30. The predicted octanol–water partition coefficient (Wildman–Crippen LogP) is 4.31. The number of para-hydroxylation sites is 1. The number of amides is 1. The summed E-state index contributed by atoms with van der Waals surface area (Å²) in [4.78, 5) is 24.3. The molecule has 1 amide bonds. The van der Waals surface area contributed by atoms with Gasteiger partial charge in [-0.1, -0.05) is 24.3 Å². The first-order valence-corrected chi connectivity index (χ1v) is 8.16. The fourth-order valence-electron chi connectivity index (χ4n) is 2.54. The van der Waals surface area contributed by atoms with Crippen LogP contribution in [0.3, 0.4) is 0 Å². The highest BCUT2D eigenvalue weighted by Gasteiger charge is 2.29. The average molecular weight is 390 g/mol. The molecule has 1 heterocycles. The van der Waals surface area contributed by atoms with Gasteiger partial charge >= 0.3 is 6.18 Å². The lowest BCUT2D eigenvalue weighted by atomic mass is 10.1. The molecule has 1 aromatic heterocycles. The number of carbonyl (C=O) groups is 1. The van der Waals surface area contributed by atoms with Gasteiger partial charge in [-0.25, -0.2) is 4.39 Å². The van der Waals surface area contributed by atoms with E-state index in [0.29, 0.717) is 5.56 Å². The molecule has 0 aliphatic heterocycles. The fraction of sp³-hybridized carbons (Fsp3) is 0.100. The largest absolute Gasteiger partial charge is 0.416 e. The Balaban J connectivity index is 1.81. The zero-order chi connectivity index (χ0) is 20.3. The van der Waals surface area contributed by atoms with Gasteiger partial charge in [-0.05, 0) is 35.9 Å². The third-order valence-corrected chi connectivity index (χ3v) is 4.00. The number of alkyl halides is 3. The normalized spacial score (nSPS) is 11.3. The second-order valence-corrected chi connectivity index (χ2v) is 6.01. The molecule has 144 valence electrons. The van der Waals surface area contributed by atoms with E-state index in [1.807, 2.05) is 0 Å². The third-order valence-electron chi connectivity index (χ3n) is 4.00. The van der Waals surface area contributed by atoms with Crippen molar-refractivity contribution in [3.63, 3.8) is 0 Å². The monoisotopic (exact) mass is 390 g/mol. The number of nitrogens with zero attached hydrogens (tertiary/aromatic N) is 1. The first kappa shape index (κ1) is 19.3. The lowest BCUT2D eigenvalue weighted by Gasteiger charge is -2.11. The summed E-state index contributed by atoms with van der Waals surface area (Å²) in [5.41, 5.74) is -0.659. The molecule has 8 heteroatoms. The van der Waals surface area contributed by atoms with Crippen LogP contribution in [0, 0.1) is 5.82 Å². The molecular formula is C20H14F4N2O2. The van der Waals surface area contributed by atoms with Crippen LogP contribution >= 0.6 is 0 Å². The maximum absolute atomic E-state index is 13.7. The summed E-state index contributed by atoms with van der Waals surface area (Å²) in [6.45, 7) is -0.0161. The molecule has 0 radical (unpaired) electrons. The van der Waals surface area contributed by atoms with Crippen molar-refractivity contribution < 1.29 is 22.4 Å². The second-order valence-electron chi connectivity index (χ2n) is 6.01. The predicted molar refractivity (Wildman–Crippen MR) is 95.6 cm³/mol. The summed E-state index contributed by atoms with van der Waals surface area (Å²) in [6.07, 6.45) is -3.17. The van der Waals surface area contributed by atoms with Gasteiger partial charge in [-0.15, -0.1) is 0 Å². The van der Waals surface area contributed by atoms with Gasteiger partial charge in [0.15, 0.2) is 0 Å². The molecular weight excluding hydrogens is 376 g/mol. The topological polar surface area (TPSA) is 51.1 Å². The number of benzene rings is 2. The number of carbonyl (C=O) groups excluding carboxylic acids is 1. The first-order chi connectivity index (χ1) is 13.2. The number of aromatic nitrogens is 1. The van der Waals surface area contributed by atoms with E-state index in [0.717, 1.165) is 12.1 Å². The minimum Gasteiger partial charge on any atom is -0.319 e. The number of pyridine rings is 1. The number of halogens is 4. The summed E-state index contributed by atoms with van der Waals surface area (Å²) in [5.74, 6) is -1.22. The molecule has 0 saturated heterocycles. The van der Waals surface area contributed by atoms with Crippen molar-refractivity contribution in [2.45, 2.75) is 12.7 Å². The molecule has 0 unspecified atom stereocenters. The van der Waals surface area contributed by atoms with E-state index < -0.39 is 29.0 Å². The quantitative estimate of drug-likeness (QED) is 0.675. The van der Waals surface area contributed by atoms with Crippen molar-refractivity contribution in [1.82, 2.24) is 4.57 Å². The van der Waals surface area contributed by atoms with Crippen LogP contribution in [-0.2, 0) is 12.7 Å². The molecule has 0 aliphatic rings. The van der Waals surface area contributed by atoms with E-state index in [9.17, 15) is 27.2 Å². The van der Waals surface area contributed by atoms with Gasteiger partial charge in [-0.2, -0.15) is 13.2 Å². The number of anilines is 1. The van der Waals surface area contributed by atoms with Crippen molar-refractivity contribution in [3.8, 4) is 0 Å². The molecule has 0 saturated carbocycles. The molecule has 0 bridgehead atoms. The summed E-state index contributed by atoms with van der Waals surface area (Å²) in [5, 5.41) is 2.41. The zero-order valence-corrected chi connectivity index (χ0v) is 14.3. The van der Waals surface area contributed by atoms with Gasteiger partial charge in [0.1, 0.15) is 5.82 Å². The Hall–Kier alpha value is -3.42. The van der Waals surface area contributed by atoms with E-state index in [1.165, 1.54) is 53.2 Å². The molecule has 0 atom stereocenters. The molecule has 0 spiro atoms. The zero-order valence-electron chi connectivity index (χ0n) is 14.3. The lowest BCUT2D eigenvalue weighted by molar-refractivity contribution is -0.137. The molecule has 2 aromatic carbocycles. The van der Waals surface area contributed by atoms with Crippen molar-refractivity contribution >= 4 is 11.6 Å². The van der Waals surface area contributed by atoms with Crippen molar-refractivity contribution in [1.29, 1.82) is 0 Å². The summed E-state index contributed by atoms with van der Waals surface area (Å²) >= 11 is 0. The number of hydrogen-bond donors (Lipinski definition) is 1. The van der Waals surface area contributed by atoms with Crippen molar-refractivity contribution in [3.05, 3.63) is 99.7 Å². The molecule has 0 fully saturated rings. The van der Waals surface area contributed by atoms with Crippen LogP contribution in [0.15, 0.2) is 71.7 Å². The Labute approximate surface area is 157 Å². The minimum absolute atomic E-state index is 0.00649. The Bertz CT molecular complexity index is 1060. The SMILES string of the molecule is O=C(Nc1ccccc1F)c1ccc(=O)n(Cc2ccc(C(F)(F)F)cc2)c1. The number of nitrogens with one attached hydrogen (secondary N) is 1. The summed E-state index contributed by atoms with van der Waals surface area (Å²) < 4.78 is 52.8. The standard InChI is InChI=1S/C20H14F4N2O2/c21-16-3-1-2-4-17(16)25-19(28)14-7-10-18(27)26(12-14)11-13-5-8-15(9-6-13)20(22,23)24/h1-10,12H,11H2,(H,25,28). The highest BCUT2D eigenvalue weighted by atomic mass is 19.4. The Morgan fingerprint density at radius 3 is 2.29 bits per heavy atom. The smallest absolute Gasteiger partial charge is 0.319 e. The fourth-order valence-corrected chi connectivity index (χ4v) is 2.54. The Morgan fingerprint density at radius 1 is 0.964 bits per heavy atom. The van der Waals surface area contributed by atoms with Gasteiger partial charge in [0, 0.05) is 12.3 Å². The number of rotatable bonds is 4. The van der Waals surface area contributed by atoms with E-state index in [1.54, 1.807) is 6.07 Å². The van der Waals surface area contributed by atoms with Gasteiger partial charge < -0.3 is 9.88 Å². The summed E-state index contributed by atoms with van der Waals surface area (Å²) in [6, 6.07) is 12.5. The minimum atomic E-state index is -4.44. The van der Waals surface area contributed by atoms with Gasteiger partial charge in [0.05, 0.1) is 23.4 Å². The second kappa shape index (κ2) is 7.67. The van der Waals surface area contributed by atoms with E-state index in [-0.39, 0.29) is 17.8 Å². The van der Waals surface area contributed by atoms with Crippen LogP contribution in [0.4, 0.5) is 23.2 Å².